The number of carbonyl (C=O) groups is 2. The van der Waals surface area contributed by atoms with Crippen LogP contribution in [-0.4, -0.2) is 69.9 Å². The van der Waals surface area contributed by atoms with Crippen molar-refractivity contribution in [2.75, 3.05) is 51.9 Å². The number of benzene rings is 3. The van der Waals surface area contributed by atoms with Gasteiger partial charge in [-0.05, 0) is 81.1 Å². The number of hydrogen-bond acceptors (Lipinski definition) is 7. The predicted molar refractivity (Wildman–Crippen MR) is 192 cm³/mol. The molecule has 0 unspecified atom stereocenters. The van der Waals surface area contributed by atoms with Crippen LogP contribution in [0.5, 0.6) is 11.5 Å². The van der Waals surface area contributed by atoms with E-state index in [4.69, 9.17) is 42.1 Å². The fraction of sp³-hybridized carbons (Fsp3) is 0.474. The molecule has 260 valence electrons. The Balaban J connectivity index is 1.54. The zero-order valence-corrected chi connectivity index (χ0v) is 30.4. The standard InChI is InChI=1S/C38H48Cl2N2O6/c1-7-46-34(43)24-33-37(44)42(25-38(2,3)4)31-19-18-27(39)23-29(31)35(48-33)28-15-10-17-32(36(28)45-6)47-22-12-21-41(5)20-11-14-26-13-8-9-16-30(26)40/h8-10,13,15-19,23,33,35H,7,11-12,14,20-22,24-25H2,1-6H3/t33-,35-/m1/s1. The van der Waals surface area contributed by atoms with Crippen LogP contribution in [-0.2, 0) is 25.5 Å². The van der Waals surface area contributed by atoms with Gasteiger partial charge in [0.25, 0.3) is 5.91 Å². The summed E-state index contributed by atoms with van der Waals surface area (Å²) in [5.41, 5.74) is 2.95. The Kier molecular flexibility index (Phi) is 13.6. The van der Waals surface area contributed by atoms with Crippen molar-refractivity contribution in [1.29, 1.82) is 0 Å². The molecular formula is C38H48Cl2N2O6. The topological polar surface area (TPSA) is 77.5 Å². The average molecular weight is 700 g/mol. The normalized spacial score (nSPS) is 16.4. The smallest absolute Gasteiger partial charge is 0.308 e. The predicted octanol–water partition coefficient (Wildman–Crippen LogP) is 8.16. The second-order valence-electron chi connectivity index (χ2n) is 13.3. The number of anilines is 1. The number of nitrogens with zero attached hydrogens (tertiary/aromatic N) is 2. The molecule has 10 heteroatoms. The van der Waals surface area contributed by atoms with Gasteiger partial charge < -0.3 is 28.7 Å². The summed E-state index contributed by atoms with van der Waals surface area (Å²) in [6.45, 7) is 10.8. The second-order valence-corrected chi connectivity index (χ2v) is 14.1. The van der Waals surface area contributed by atoms with Crippen LogP contribution in [0.25, 0.3) is 0 Å². The first-order valence-electron chi connectivity index (χ1n) is 16.6. The van der Waals surface area contributed by atoms with E-state index in [0.29, 0.717) is 46.5 Å². The summed E-state index contributed by atoms with van der Waals surface area (Å²) in [6.07, 6.45) is 0.654. The highest BCUT2D eigenvalue weighted by atomic mass is 35.5. The van der Waals surface area contributed by atoms with Crippen LogP contribution in [0.3, 0.4) is 0 Å². The molecule has 0 aromatic heterocycles. The van der Waals surface area contributed by atoms with Crippen LogP contribution >= 0.6 is 23.2 Å². The number of fused-ring (bicyclic) bond motifs is 1. The first-order valence-corrected chi connectivity index (χ1v) is 17.3. The highest BCUT2D eigenvalue weighted by Gasteiger charge is 2.40. The maximum Gasteiger partial charge on any atom is 0.308 e. The molecule has 1 heterocycles. The molecule has 0 fully saturated rings. The van der Waals surface area contributed by atoms with Gasteiger partial charge in [-0.1, -0.05) is 74.3 Å². The van der Waals surface area contributed by atoms with E-state index in [2.05, 4.69) is 38.8 Å². The Morgan fingerprint density at radius 2 is 1.75 bits per heavy atom. The van der Waals surface area contributed by atoms with Crippen LogP contribution in [0.2, 0.25) is 10.0 Å². The number of esters is 1. The van der Waals surface area contributed by atoms with Gasteiger partial charge in [0.15, 0.2) is 11.5 Å². The van der Waals surface area contributed by atoms with E-state index in [1.807, 2.05) is 48.5 Å². The third-order valence-corrected chi connectivity index (χ3v) is 8.68. The van der Waals surface area contributed by atoms with Crippen molar-refractivity contribution < 1.29 is 28.5 Å². The summed E-state index contributed by atoms with van der Waals surface area (Å²) in [5.74, 6) is 0.235. The van der Waals surface area contributed by atoms with Crippen molar-refractivity contribution >= 4 is 40.8 Å². The molecule has 48 heavy (non-hydrogen) atoms. The number of ether oxygens (including phenoxy) is 4. The molecule has 0 N–H and O–H groups in total. The van der Waals surface area contributed by atoms with Crippen molar-refractivity contribution in [2.45, 2.75) is 65.6 Å². The highest BCUT2D eigenvalue weighted by Crippen LogP contribution is 2.45. The minimum Gasteiger partial charge on any atom is -0.492 e. The Hall–Kier alpha value is -3.30. The number of aryl methyl sites for hydroxylation is 1. The molecule has 3 aromatic rings. The summed E-state index contributed by atoms with van der Waals surface area (Å²) in [6, 6.07) is 19.0. The summed E-state index contributed by atoms with van der Waals surface area (Å²) in [5, 5.41) is 1.31. The molecule has 0 saturated carbocycles. The average Bonchev–Trinajstić information content (AvgIpc) is 3.13. The van der Waals surface area contributed by atoms with Crippen LogP contribution in [0.15, 0.2) is 60.7 Å². The van der Waals surface area contributed by atoms with Gasteiger partial charge in [-0.2, -0.15) is 0 Å². The maximum atomic E-state index is 14.1. The molecule has 4 rings (SSSR count). The number of carbonyl (C=O) groups excluding carboxylic acids is 2. The van der Waals surface area contributed by atoms with Crippen LogP contribution in [0.4, 0.5) is 5.69 Å². The lowest BCUT2D eigenvalue weighted by Gasteiger charge is -2.31. The molecule has 0 aliphatic carbocycles. The van der Waals surface area contributed by atoms with Gasteiger partial charge in [0.2, 0.25) is 0 Å². The maximum absolute atomic E-state index is 14.1. The van der Waals surface area contributed by atoms with E-state index in [9.17, 15) is 9.59 Å². The SMILES string of the molecule is CCOC(=O)C[C@H]1O[C@H](c2cccc(OCCCN(C)CCCc3ccccc3Cl)c2OC)c2cc(Cl)ccc2N(CC(C)(C)C)C1=O. The van der Waals surface area contributed by atoms with Crippen molar-refractivity contribution in [3.05, 3.63) is 87.4 Å². The molecule has 3 aromatic carbocycles. The van der Waals surface area contributed by atoms with E-state index >= 15 is 0 Å². The Morgan fingerprint density at radius 3 is 2.46 bits per heavy atom. The molecule has 1 aliphatic rings. The first kappa shape index (κ1) is 37.5. The summed E-state index contributed by atoms with van der Waals surface area (Å²) < 4.78 is 24.0. The molecular weight excluding hydrogens is 651 g/mol. The van der Waals surface area contributed by atoms with Gasteiger partial charge in [-0.15, -0.1) is 0 Å². The molecule has 8 nitrogen and oxygen atoms in total. The molecule has 2 atom stereocenters. The molecule has 1 aliphatic heterocycles. The summed E-state index contributed by atoms with van der Waals surface area (Å²) in [7, 11) is 3.69. The van der Waals surface area contributed by atoms with Gasteiger partial charge in [-0.25, -0.2) is 0 Å². The monoisotopic (exact) mass is 698 g/mol. The largest absolute Gasteiger partial charge is 0.492 e. The fourth-order valence-electron chi connectivity index (χ4n) is 5.89. The third-order valence-electron chi connectivity index (χ3n) is 8.08. The van der Waals surface area contributed by atoms with Gasteiger partial charge in [0.1, 0.15) is 12.2 Å². The van der Waals surface area contributed by atoms with Crippen molar-refractivity contribution in [3.8, 4) is 11.5 Å². The van der Waals surface area contributed by atoms with Gasteiger partial charge >= 0.3 is 5.97 Å². The number of halogens is 2. The number of hydrogen-bond donors (Lipinski definition) is 0. The van der Waals surface area contributed by atoms with E-state index in [0.717, 1.165) is 37.4 Å². The third kappa shape index (κ3) is 10.1. The van der Waals surface area contributed by atoms with Gasteiger partial charge in [0, 0.05) is 39.9 Å². The molecule has 0 spiro atoms. The Labute approximate surface area is 295 Å². The van der Waals surface area contributed by atoms with Crippen molar-refractivity contribution in [3.63, 3.8) is 0 Å². The van der Waals surface area contributed by atoms with Crippen molar-refractivity contribution in [1.82, 2.24) is 4.90 Å². The molecule has 1 amide bonds. The van der Waals surface area contributed by atoms with Crippen LogP contribution in [0.1, 0.15) is 69.8 Å². The lowest BCUT2D eigenvalue weighted by Crippen LogP contribution is -2.44. The van der Waals surface area contributed by atoms with Gasteiger partial charge in [-0.3, -0.25) is 9.59 Å². The number of para-hydroxylation sites is 1. The molecule has 0 saturated heterocycles. The minimum atomic E-state index is -1.09. The van der Waals surface area contributed by atoms with Gasteiger partial charge in [0.05, 0.1) is 26.7 Å². The van der Waals surface area contributed by atoms with Crippen LogP contribution < -0.4 is 14.4 Å². The number of rotatable bonds is 15. The number of amides is 1. The minimum absolute atomic E-state index is 0.205. The quantitative estimate of drug-likeness (QED) is 0.117. The van der Waals surface area contributed by atoms with E-state index < -0.39 is 18.2 Å². The zero-order chi connectivity index (χ0) is 34.8. The fourth-order valence-corrected chi connectivity index (χ4v) is 6.31. The zero-order valence-electron chi connectivity index (χ0n) is 28.9. The van der Waals surface area contributed by atoms with Crippen LogP contribution in [0, 0.1) is 5.41 Å². The molecule has 0 bridgehead atoms. The van der Waals surface area contributed by atoms with Crippen molar-refractivity contribution in [2.24, 2.45) is 5.41 Å². The lowest BCUT2D eigenvalue weighted by molar-refractivity contribution is -0.151. The summed E-state index contributed by atoms with van der Waals surface area (Å²) >= 11 is 12.9. The summed E-state index contributed by atoms with van der Waals surface area (Å²) in [4.78, 5) is 30.8. The second kappa shape index (κ2) is 17.4. The highest BCUT2D eigenvalue weighted by molar-refractivity contribution is 6.31. The van der Waals surface area contributed by atoms with E-state index in [1.165, 1.54) is 5.56 Å². The number of methoxy groups -OCH3 is 1. The van der Waals surface area contributed by atoms with E-state index in [-0.39, 0.29) is 24.3 Å². The molecule has 0 radical (unpaired) electrons. The Bertz CT molecular complexity index is 1540. The first-order chi connectivity index (χ1) is 22.9. The Morgan fingerprint density at radius 1 is 1.00 bits per heavy atom. The lowest BCUT2D eigenvalue weighted by atomic mass is 9.94. The van der Waals surface area contributed by atoms with E-state index in [1.54, 1.807) is 25.0 Å².